The summed E-state index contributed by atoms with van der Waals surface area (Å²) in [4.78, 5) is 23.2. The largest absolute Gasteiger partial charge is 0.384 e. The average Bonchev–Trinajstić information content (AvgIpc) is 3.66. The van der Waals surface area contributed by atoms with E-state index < -0.39 is 30.0 Å². The first-order valence-corrected chi connectivity index (χ1v) is 22.3. The van der Waals surface area contributed by atoms with Gasteiger partial charge < -0.3 is 19.4 Å². The van der Waals surface area contributed by atoms with Gasteiger partial charge in [-0.25, -0.2) is 27.3 Å². The normalized spacial score (nSPS) is 12.8. The number of halogens is 1. The molecule has 16 heteroatoms. The smallest absolute Gasteiger partial charge is 0.282 e. The Labute approximate surface area is 302 Å². The van der Waals surface area contributed by atoms with Crippen LogP contribution in [0.2, 0.25) is 25.7 Å². The molecule has 274 valence electrons. The van der Waals surface area contributed by atoms with Crippen LogP contribution in [-0.4, -0.2) is 71.3 Å². The quantitative estimate of drug-likeness (QED) is 0.0924. The highest BCUT2D eigenvalue weighted by Gasteiger charge is 2.24. The zero-order valence-electron chi connectivity index (χ0n) is 30.1. The third-order valence-electron chi connectivity index (χ3n) is 8.59. The topological polar surface area (TPSA) is 147 Å². The van der Waals surface area contributed by atoms with Gasteiger partial charge in [0.05, 0.1) is 35.2 Å². The highest BCUT2D eigenvalue weighted by atomic mass is 32.2. The number of benzene rings is 2. The Bertz CT molecular complexity index is 2390. The summed E-state index contributed by atoms with van der Waals surface area (Å²) in [6.07, 6.45) is 4.98. The van der Waals surface area contributed by atoms with Crippen LogP contribution in [0, 0.1) is 12.7 Å². The van der Waals surface area contributed by atoms with Gasteiger partial charge in [0.2, 0.25) is 10.0 Å². The van der Waals surface area contributed by atoms with E-state index in [4.69, 9.17) is 14.6 Å². The van der Waals surface area contributed by atoms with E-state index in [-0.39, 0.29) is 30.3 Å². The van der Waals surface area contributed by atoms with Crippen LogP contribution in [0.25, 0.3) is 33.4 Å². The van der Waals surface area contributed by atoms with Crippen molar-refractivity contribution in [3.05, 3.63) is 101 Å². The van der Waals surface area contributed by atoms with Gasteiger partial charge in [-0.3, -0.25) is 14.1 Å². The minimum Gasteiger partial charge on any atom is -0.384 e. The summed E-state index contributed by atoms with van der Waals surface area (Å²) in [5.74, 6) is -0.0993. The highest BCUT2D eigenvalue weighted by Crippen LogP contribution is 2.37. The Balaban J connectivity index is 1.46. The zero-order chi connectivity index (χ0) is 37.2. The second kappa shape index (κ2) is 15.0. The second-order valence-corrected chi connectivity index (χ2v) is 21.4. The Kier molecular flexibility index (Phi) is 10.6. The summed E-state index contributed by atoms with van der Waals surface area (Å²) in [7, 11) is -3.76. The van der Waals surface area contributed by atoms with Crippen molar-refractivity contribution in [2.75, 3.05) is 36.1 Å². The molecule has 1 atom stereocenters. The second-order valence-electron chi connectivity index (χ2n) is 13.9. The monoisotopic (exact) mass is 746 g/mol. The van der Waals surface area contributed by atoms with Crippen LogP contribution in [0.3, 0.4) is 0 Å². The van der Waals surface area contributed by atoms with Crippen LogP contribution < -0.4 is 15.6 Å². The van der Waals surface area contributed by atoms with Crippen LogP contribution in [0.1, 0.15) is 24.4 Å². The Morgan fingerprint density at radius 3 is 2.54 bits per heavy atom. The third-order valence-corrected chi connectivity index (χ3v) is 11.5. The maximum Gasteiger partial charge on any atom is 0.282 e. The molecule has 1 unspecified atom stereocenters. The molecule has 52 heavy (non-hydrogen) atoms. The van der Waals surface area contributed by atoms with E-state index in [2.05, 4.69) is 39.6 Å². The van der Waals surface area contributed by atoms with Gasteiger partial charge in [-0.15, -0.1) is 0 Å². The van der Waals surface area contributed by atoms with E-state index in [1.165, 1.54) is 19.5 Å². The van der Waals surface area contributed by atoms with Crippen LogP contribution in [0.15, 0.2) is 78.1 Å². The number of aryl methyl sites for hydroxylation is 1. The maximum atomic E-state index is 15.2. The molecule has 2 aromatic carbocycles. The number of fused-ring (bicyclic) bond motifs is 2. The van der Waals surface area contributed by atoms with Crippen molar-refractivity contribution in [3.63, 3.8) is 0 Å². The van der Waals surface area contributed by atoms with Crippen molar-refractivity contribution in [2.45, 2.75) is 52.3 Å². The molecule has 4 aromatic heterocycles. The molecular formula is C36H43FN8O5SSi. The van der Waals surface area contributed by atoms with E-state index in [1.54, 1.807) is 27.5 Å². The van der Waals surface area contributed by atoms with Crippen LogP contribution >= 0.6 is 0 Å². The third kappa shape index (κ3) is 8.09. The molecule has 6 aromatic rings. The number of rotatable bonds is 15. The highest BCUT2D eigenvalue weighted by molar-refractivity contribution is 7.92. The molecule has 0 saturated heterocycles. The van der Waals surface area contributed by atoms with Crippen molar-refractivity contribution in [3.8, 4) is 16.8 Å². The Morgan fingerprint density at radius 2 is 1.81 bits per heavy atom. The summed E-state index contributed by atoms with van der Waals surface area (Å²) < 4.78 is 59.1. The molecule has 2 N–H and O–H groups in total. The SMILES string of the molecule is COCCS(=O)(=O)Nc1cc(F)cc(-c2cn(COCC[Si](C)(C)C)c3ncnc(NC(C)c4nn5ccc(C)c5c(=O)n4-c4ccccc4)c23)c1. The Hall–Kier alpha value is -4.90. The van der Waals surface area contributed by atoms with E-state index in [0.717, 1.165) is 17.7 Å². The number of aromatic nitrogens is 6. The summed E-state index contributed by atoms with van der Waals surface area (Å²) in [5, 5.41) is 8.88. The molecule has 0 radical (unpaired) electrons. The molecule has 0 aliphatic rings. The molecular weight excluding hydrogens is 704 g/mol. The van der Waals surface area contributed by atoms with Crippen molar-refractivity contribution in [1.82, 2.24) is 28.7 Å². The number of methoxy groups -OCH3 is 1. The minimum atomic E-state index is -3.81. The first-order valence-electron chi connectivity index (χ1n) is 16.9. The van der Waals surface area contributed by atoms with Gasteiger partial charge in [0, 0.05) is 39.7 Å². The van der Waals surface area contributed by atoms with Gasteiger partial charge >= 0.3 is 0 Å². The van der Waals surface area contributed by atoms with Crippen LogP contribution in [0.4, 0.5) is 15.9 Å². The summed E-state index contributed by atoms with van der Waals surface area (Å²) in [6.45, 7) is 11.3. The lowest BCUT2D eigenvalue weighted by Crippen LogP contribution is -2.29. The molecule has 0 amide bonds. The number of anilines is 2. The molecule has 0 spiro atoms. The fourth-order valence-electron chi connectivity index (χ4n) is 5.93. The number of nitrogens with zero attached hydrogens (tertiary/aromatic N) is 6. The standard InChI is InChI=1S/C36H43FN8O5SSi/c1-24-12-13-44-32(24)36(46)45(29-10-8-7-9-11-29)34(41-44)25(2)40-33-31-30(21-43(35(31)39-22-38-33)23-50-15-17-52(4,5)6)26-18-27(37)20-28(19-26)42-51(47,48)16-14-49-3/h7-13,18-22,25,42H,14-17,23H2,1-6H3,(H,38,39,40). The lowest BCUT2D eigenvalue weighted by molar-refractivity contribution is 0.0899. The predicted octanol–water partition coefficient (Wildman–Crippen LogP) is 6.22. The van der Waals surface area contributed by atoms with E-state index in [1.807, 2.05) is 54.8 Å². The molecule has 13 nitrogen and oxygen atoms in total. The lowest BCUT2D eigenvalue weighted by Gasteiger charge is -2.20. The van der Waals surface area contributed by atoms with Gasteiger partial charge in [-0.05, 0) is 67.4 Å². The van der Waals surface area contributed by atoms with E-state index in [0.29, 0.717) is 51.6 Å². The predicted molar refractivity (Wildman–Crippen MR) is 204 cm³/mol. The first kappa shape index (κ1) is 36.9. The lowest BCUT2D eigenvalue weighted by atomic mass is 10.0. The fourth-order valence-corrected chi connectivity index (χ4v) is 7.65. The zero-order valence-corrected chi connectivity index (χ0v) is 31.9. The number of hydrogen-bond donors (Lipinski definition) is 2. The fraction of sp³-hybridized carbons (Fsp3) is 0.333. The van der Waals surface area contributed by atoms with Gasteiger partial charge in [-0.2, -0.15) is 5.10 Å². The van der Waals surface area contributed by atoms with E-state index >= 15 is 4.39 Å². The molecule has 0 fully saturated rings. The van der Waals surface area contributed by atoms with Crippen LogP contribution in [0.5, 0.6) is 0 Å². The van der Waals surface area contributed by atoms with Gasteiger partial charge in [-0.1, -0.05) is 37.8 Å². The van der Waals surface area contributed by atoms with Gasteiger partial charge in [0.25, 0.3) is 5.56 Å². The summed E-state index contributed by atoms with van der Waals surface area (Å²) >= 11 is 0. The van der Waals surface area contributed by atoms with E-state index in [9.17, 15) is 13.2 Å². The number of ether oxygens (including phenoxy) is 2. The van der Waals surface area contributed by atoms with Crippen LogP contribution in [-0.2, 0) is 26.2 Å². The van der Waals surface area contributed by atoms with Crippen molar-refractivity contribution in [2.24, 2.45) is 0 Å². The molecule has 6 rings (SSSR count). The number of hydrogen-bond acceptors (Lipinski definition) is 9. The van der Waals surface area contributed by atoms with Crippen molar-refractivity contribution >= 4 is 46.2 Å². The minimum absolute atomic E-state index is 0.0168. The van der Waals surface area contributed by atoms with Gasteiger partial charge in [0.1, 0.15) is 35.9 Å². The molecule has 0 bridgehead atoms. The average molecular weight is 747 g/mol. The molecule has 0 aliphatic carbocycles. The van der Waals surface area contributed by atoms with Gasteiger partial charge in [0.15, 0.2) is 5.82 Å². The van der Waals surface area contributed by atoms with Crippen molar-refractivity contribution in [1.29, 1.82) is 0 Å². The summed E-state index contributed by atoms with van der Waals surface area (Å²) in [5.41, 5.74) is 3.22. The number of sulfonamides is 1. The van der Waals surface area contributed by atoms with Crippen molar-refractivity contribution < 1.29 is 22.3 Å². The number of nitrogens with one attached hydrogen (secondary N) is 2. The number of para-hydroxylation sites is 1. The molecule has 4 heterocycles. The maximum absolute atomic E-state index is 15.2. The first-order chi connectivity index (χ1) is 24.7. The Morgan fingerprint density at radius 1 is 1.04 bits per heavy atom. The summed E-state index contributed by atoms with van der Waals surface area (Å²) in [6, 6.07) is 15.6. The molecule has 0 aliphatic heterocycles. The molecule has 0 saturated carbocycles.